The normalized spacial score (nSPS) is 17.2. The van der Waals surface area contributed by atoms with Gasteiger partial charge in [-0.25, -0.2) is 4.39 Å². The van der Waals surface area contributed by atoms with Crippen molar-refractivity contribution in [1.82, 2.24) is 0 Å². The number of hydrogen-bond donors (Lipinski definition) is 1. The average Bonchev–Trinajstić information content (AvgIpc) is 2.98. The molecule has 0 saturated heterocycles. The fourth-order valence-electron chi connectivity index (χ4n) is 1.81. The lowest BCUT2D eigenvalue weighted by atomic mass is 10.0. The molecule has 1 saturated carbocycles. The number of benzene rings is 1. The second-order valence-corrected chi connectivity index (χ2v) is 4.81. The molecule has 0 radical (unpaired) electrons. The number of hydrogen-bond acceptors (Lipinski definition) is 2. The molecule has 1 fully saturated rings. The van der Waals surface area contributed by atoms with Crippen molar-refractivity contribution in [3.05, 3.63) is 28.5 Å². The highest BCUT2D eigenvalue weighted by Gasteiger charge is 2.37. The number of rotatable bonds is 4. The summed E-state index contributed by atoms with van der Waals surface area (Å²) in [6.07, 6.45) is 3.58. The van der Waals surface area contributed by atoms with Crippen LogP contribution in [0.2, 0.25) is 5.02 Å². The zero-order valence-corrected chi connectivity index (χ0v) is 9.98. The quantitative estimate of drug-likeness (QED) is 0.883. The summed E-state index contributed by atoms with van der Waals surface area (Å²) in [5, 5.41) is 0.544. The van der Waals surface area contributed by atoms with Gasteiger partial charge in [0.15, 0.2) is 11.6 Å². The van der Waals surface area contributed by atoms with Gasteiger partial charge in [0.2, 0.25) is 0 Å². The fraction of sp³-hybridized carbons (Fsp3) is 0.500. The van der Waals surface area contributed by atoms with Crippen LogP contribution in [-0.2, 0) is 6.42 Å². The summed E-state index contributed by atoms with van der Waals surface area (Å²) in [7, 11) is 1.45. The highest BCUT2D eigenvalue weighted by molar-refractivity contribution is 6.31. The van der Waals surface area contributed by atoms with E-state index in [4.69, 9.17) is 22.1 Å². The predicted octanol–water partition coefficient (Wildman–Crippen LogP) is 2.91. The molecule has 2 rings (SSSR count). The van der Waals surface area contributed by atoms with E-state index >= 15 is 0 Å². The first-order valence-electron chi connectivity index (χ1n) is 5.35. The van der Waals surface area contributed by atoms with Crippen LogP contribution in [0, 0.1) is 5.82 Å². The van der Waals surface area contributed by atoms with E-state index in [-0.39, 0.29) is 17.1 Å². The van der Waals surface area contributed by atoms with E-state index in [0.717, 1.165) is 24.8 Å². The van der Waals surface area contributed by atoms with E-state index in [9.17, 15) is 4.39 Å². The first-order chi connectivity index (χ1) is 7.56. The Bertz CT molecular complexity index is 404. The minimum atomic E-state index is -0.372. The third-order valence-electron chi connectivity index (χ3n) is 3.12. The minimum absolute atomic E-state index is 0.0549. The van der Waals surface area contributed by atoms with E-state index in [1.807, 2.05) is 0 Å². The second-order valence-electron chi connectivity index (χ2n) is 4.40. The van der Waals surface area contributed by atoms with Crippen molar-refractivity contribution >= 4 is 11.6 Å². The van der Waals surface area contributed by atoms with Crippen molar-refractivity contribution in [2.45, 2.75) is 31.2 Å². The molecule has 0 heterocycles. The van der Waals surface area contributed by atoms with Crippen LogP contribution in [-0.4, -0.2) is 12.6 Å². The Kier molecular flexibility index (Phi) is 3.08. The molecule has 2 N–H and O–H groups in total. The van der Waals surface area contributed by atoms with E-state index in [2.05, 4.69) is 0 Å². The van der Waals surface area contributed by atoms with Gasteiger partial charge in [-0.2, -0.15) is 0 Å². The third-order valence-corrected chi connectivity index (χ3v) is 3.48. The molecular weight excluding hydrogens is 229 g/mol. The molecule has 4 heteroatoms. The lowest BCUT2D eigenvalue weighted by Gasteiger charge is -2.13. The van der Waals surface area contributed by atoms with E-state index in [0.29, 0.717) is 11.4 Å². The van der Waals surface area contributed by atoms with Crippen molar-refractivity contribution in [2.24, 2.45) is 5.73 Å². The van der Waals surface area contributed by atoms with Gasteiger partial charge < -0.3 is 10.5 Å². The summed E-state index contributed by atoms with van der Waals surface area (Å²) in [4.78, 5) is 0. The summed E-state index contributed by atoms with van der Waals surface area (Å²) in [5.41, 5.74) is 6.66. The Morgan fingerprint density at radius 3 is 2.75 bits per heavy atom. The molecule has 2 nitrogen and oxygen atoms in total. The van der Waals surface area contributed by atoms with Gasteiger partial charge in [-0.15, -0.1) is 0 Å². The van der Waals surface area contributed by atoms with Gasteiger partial charge in [-0.1, -0.05) is 11.6 Å². The Labute approximate surface area is 99.5 Å². The van der Waals surface area contributed by atoms with Gasteiger partial charge in [0.05, 0.1) is 7.11 Å². The van der Waals surface area contributed by atoms with Crippen LogP contribution < -0.4 is 10.5 Å². The van der Waals surface area contributed by atoms with E-state index in [1.165, 1.54) is 13.2 Å². The van der Waals surface area contributed by atoms with Gasteiger partial charge in [-0.05, 0) is 37.8 Å². The molecule has 0 amide bonds. The predicted molar refractivity (Wildman–Crippen MR) is 62.4 cm³/mol. The van der Waals surface area contributed by atoms with Gasteiger partial charge in [-0.3, -0.25) is 0 Å². The maximum absolute atomic E-state index is 13.5. The highest BCUT2D eigenvalue weighted by Crippen LogP contribution is 2.39. The molecule has 1 aliphatic rings. The smallest absolute Gasteiger partial charge is 0.165 e. The van der Waals surface area contributed by atoms with Crippen molar-refractivity contribution in [2.75, 3.05) is 7.11 Å². The lowest BCUT2D eigenvalue weighted by molar-refractivity contribution is 0.380. The summed E-state index contributed by atoms with van der Waals surface area (Å²) in [6.45, 7) is 0. The lowest BCUT2D eigenvalue weighted by Crippen LogP contribution is -2.22. The molecule has 16 heavy (non-hydrogen) atoms. The van der Waals surface area contributed by atoms with E-state index < -0.39 is 0 Å². The maximum atomic E-state index is 13.5. The largest absolute Gasteiger partial charge is 0.493 e. The molecule has 0 unspecified atom stereocenters. The molecule has 1 aromatic carbocycles. The van der Waals surface area contributed by atoms with Crippen LogP contribution in [0.5, 0.6) is 5.75 Å². The second kappa shape index (κ2) is 4.22. The average molecular weight is 244 g/mol. The van der Waals surface area contributed by atoms with Crippen LogP contribution in [0.25, 0.3) is 0 Å². The van der Waals surface area contributed by atoms with Crippen molar-refractivity contribution < 1.29 is 9.13 Å². The van der Waals surface area contributed by atoms with Gasteiger partial charge >= 0.3 is 0 Å². The molecule has 0 atom stereocenters. The van der Waals surface area contributed by atoms with Gasteiger partial charge in [0.1, 0.15) is 0 Å². The number of methoxy groups -OCH3 is 1. The number of halogens is 2. The van der Waals surface area contributed by atoms with Crippen LogP contribution in [0.15, 0.2) is 12.1 Å². The topological polar surface area (TPSA) is 35.2 Å². The molecule has 0 bridgehead atoms. The van der Waals surface area contributed by atoms with Crippen LogP contribution in [0.1, 0.15) is 24.8 Å². The van der Waals surface area contributed by atoms with Crippen molar-refractivity contribution in [1.29, 1.82) is 0 Å². The zero-order chi connectivity index (χ0) is 11.8. The Balaban J connectivity index is 2.20. The van der Waals surface area contributed by atoms with Gasteiger partial charge in [0, 0.05) is 16.1 Å². The molecule has 0 aliphatic heterocycles. The monoisotopic (exact) mass is 243 g/mol. The first kappa shape index (κ1) is 11.7. The summed E-state index contributed by atoms with van der Waals surface area (Å²) >= 11 is 6.04. The molecule has 0 aromatic heterocycles. The Morgan fingerprint density at radius 2 is 2.19 bits per heavy atom. The van der Waals surface area contributed by atoms with Crippen LogP contribution >= 0.6 is 11.6 Å². The number of nitrogens with two attached hydrogens (primary N) is 1. The summed E-state index contributed by atoms with van der Waals surface area (Å²) in [5.74, 6) is -0.125. The molecule has 0 spiro atoms. The Hall–Kier alpha value is -0.800. The van der Waals surface area contributed by atoms with E-state index in [1.54, 1.807) is 6.07 Å². The maximum Gasteiger partial charge on any atom is 0.165 e. The standard InChI is InChI=1S/C12H15ClFNO/c1-16-11-8(4-5-12(15)6-7-12)9(13)2-3-10(11)14/h2-3H,4-7,15H2,1H3. The zero-order valence-electron chi connectivity index (χ0n) is 9.22. The molecule has 1 aromatic rings. The summed E-state index contributed by atoms with van der Waals surface area (Å²) in [6, 6.07) is 2.88. The first-order valence-corrected chi connectivity index (χ1v) is 5.73. The van der Waals surface area contributed by atoms with Crippen molar-refractivity contribution in [3.8, 4) is 5.75 Å². The van der Waals surface area contributed by atoms with Crippen LogP contribution in [0.4, 0.5) is 4.39 Å². The minimum Gasteiger partial charge on any atom is -0.493 e. The number of ether oxygens (including phenoxy) is 1. The highest BCUT2D eigenvalue weighted by atomic mass is 35.5. The SMILES string of the molecule is COc1c(F)ccc(Cl)c1CCC1(N)CC1. The molecule has 88 valence electrons. The van der Waals surface area contributed by atoms with Crippen LogP contribution in [0.3, 0.4) is 0 Å². The van der Waals surface area contributed by atoms with Gasteiger partial charge in [0.25, 0.3) is 0 Å². The molecular formula is C12H15ClFNO. The third kappa shape index (κ3) is 2.30. The summed E-state index contributed by atoms with van der Waals surface area (Å²) < 4.78 is 18.5. The fourth-order valence-corrected chi connectivity index (χ4v) is 2.06. The van der Waals surface area contributed by atoms with Crippen molar-refractivity contribution in [3.63, 3.8) is 0 Å². The molecule has 1 aliphatic carbocycles. The Morgan fingerprint density at radius 1 is 1.50 bits per heavy atom.